The molecule has 94 valence electrons. The summed E-state index contributed by atoms with van der Waals surface area (Å²) >= 11 is 0. The molecule has 0 aromatic rings. The number of likely N-dealkylation sites (N-methyl/N-ethyl adjacent to an activating group) is 1. The van der Waals surface area contributed by atoms with E-state index in [1.165, 1.54) is 12.8 Å². The van der Waals surface area contributed by atoms with Crippen LogP contribution in [0.25, 0.3) is 0 Å². The first kappa shape index (κ1) is 13.5. The van der Waals surface area contributed by atoms with Crippen molar-refractivity contribution in [1.82, 2.24) is 5.32 Å². The zero-order chi connectivity index (χ0) is 11.8. The number of ether oxygens (including phenoxy) is 2. The number of esters is 1. The molecule has 0 aromatic carbocycles. The molecule has 1 fully saturated rings. The lowest BCUT2D eigenvalue weighted by atomic mass is 10.1. The predicted octanol–water partition coefficient (Wildman–Crippen LogP) is 1.49. The molecule has 1 aliphatic heterocycles. The average molecular weight is 229 g/mol. The Morgan fingerprint density at radius 2 is 2.19 bits per heavy atom. The van der Waals surface area contributed by atoms with E-state index in [0.29, 0.717) is 13.2 Å². The number of nitrogens with one attached hydrogen (secondary N) is 1. The molecule has 4 heteroatoms. The number of rotatable bonds is 8. The minimum atomic E-state index is -0.142. The smallest absolute Gasteiger partial charge is 0.323 e. The van der Waals surface area contributed by atoms with Crippen LogP contribution in [0.4, 0.5) is 0 Å². The Bertz CT molecular complexity index is 204. The van der Waals surface area contributed by atoms with Gasteiger partial charge in [-0.05, 0) is 13.0 Å². The van der Waals surface area contributed by atoms with Crippen molar-refractivity contribution in [2.75, 3.05) is 19.8 Å². The van der Waals surface area contributed by atoms with Crippen molar-refractivity contribution in [2.24, 2.45) is 0 Å². The normalized spacial score (nSPS) is 17.9. The lowest BCUT2D eigenvalue weighted by Gasteiger charge is -2.27. The van der Waals surface area contributed by atoms with E-state index in [-0.39, 0.29) is 18.1 Å². The molecular formula is C12H23NO3. The summed E-state index contributed by atoms with van der Waals surface area (Å²) < 4.78 is 10.3. The Morgan fingerprint density at radius 1 is 1.44 bits per heavy atom. The third-order valence-electron chi connectivity index (χ3n) is 2.72. The van der Waals surface area contributed by atoms with Gasteiger partial charge in [-0.15, -0.1) is 0 Å². The summed E-state index contributed by atoms with van der Waals surface area (Å²) in [6.07, 6.45) is 4.27. The summed E-state index contributed by atoms with van der Waals surface area (Å²) in [5.74, 6) is -0.119. The van der Waals surface area contributed by atoms with Gasteiger partial charge in [0.2, 0.25) is 0 Å². The highest BCUT2D eigenvalue weighted by molar-refractivity contribution is 5.76. The van der Waals surface area contributed by atoms with Gasteiger partial charge < -0.3 is 14.8 Å². The Balaban J connectivity index is 2.25. The molecule has 0 aromatic heterocycles. The van der Waals surface area contributed by atoms with Crippen LogP contribution >= 0.6 is 0 Å². The van der Waals surface area contributed by atoms with Crippen LogP contribution in [0, 0.1) is 0 Å². The van der Waals surface area contributed by atoms with Gasteiger partial charge in [0.15, 0.2) is 0 Å². The van der Waals surface area contributed by atoms with Crippen LogP contribution in [0.15, 0.2) is 0 Å². The van der Waals surface area contributed by atoms with Gasteiger partial charge in [-0.25, -0.2) is 0 Å². The number of unbranched alkanes of at least 4 members (excludes halogenated alkanes) is 2. The molecule has 0 amide bonds. The summed E-state index contributed by atoms with van der Waals surface area (Å²) in [4.78, 5) is 11.8. The number of hydrogen-bond donors (Lipinski definition) is 1. The van der Waals surface area contributed by atoms with Crippen molar-refractivity contribution in [3.8, 4) is 0 Å². The minimum absolute atomic E-state index is 0.0140. The quantitative estimate of drug-likeness (QED) is 0.506. The molecule has 1 N–H and O–H groups in total. The highest BCUT2D eigenvalue weighted by Crippen LogP contribution is 2.10. The molecule has 1 atom stereocenters. The van der Waals surface area contributed by atoms with Crippen LogP contribution in [-0.4, -0.2) is 37.9 Å². The molecule has 1 aliphatic rings. The van der Waals surface area contributed by atoms with Gasteiger partial charge in [0.1, 0.15) is 12.1 Å². The molecular weight excluding hydrogens is 206 g/mol. The third kappa shape index (κ3) is 4.49. The summed E-state index contributed by atoms with van der Waals surface area (Å²) in [5.41, 5.74) is 0. The zero-order valence-corrected chi connectivity index (χ0v) is 10.3. The Morgan fingerprint density at radius 3 is 2.69 bits per heavy atom. The zero-order valence-electron chi connectivity index (χ0n) is 10.3. The second-order valence-electron chi connectivity index (χ2n) is 4.20. The van der Waals surface area contributed by atoms with E-state index in [2.05, 4.69) is 12.2 Å². The average Bonchev–Trinajstić information content (AvgIpc) is 2.22. The Kier molecular flexibility index (Phi) is 6.42. The van der Waals surface area contributed by atoms with Gasteiger partial charge >= 0.3 is 5.97 Å². The van der Waals surface area contributed by atoms with E-state index < -0.39 is 0 Å². The van der Waals surface area contributed by atoms with E-state index >= 15 is 0 Å². The summed E-state index contributed by atoms with van der Waals surface area (Å²) in [6, 6.07) is -0.142. The van der Waals surface area contributed by atoms with E-state index in [9.17, 15) is 4.79 Å². The maximum Gasteiger partial charge on any atom is 0.323 e. The first-order valence-electron chi connectivity index (χ1n) is 6.29. The SMILES string of the molecule is CCCCCC(NCC)C(=O)OC1COC1. The van der Waals surface area contributed by atoms with Gasteiger partial charge in [0.05, 0.1) is 13.2 Å². The fourth-order valence-corrected chi connectivity index (χ4v) is 1.68. The highest BCUT2D eigenvalue weighted by atomic mass is 16.6. The molecule has 16 heavy (non-hydrogen) atoms. The predicted molar refractivity (Wildman–Crippen MR) is 62.3 cm³/mol. The van der Waals surface area contributed by atoms with E-state index in [1.54, 1.807) is 0 Å². The number of hydrogen-bond acceptors (Lipinski definition) is 4. The van der Waals surface area contributed by atoms with Crippen LogP contribution in [0.1, 0.15) is 39.5 Å². The summed E-state index contributed by atoms with van der Waals surface area (Å²) in [6.45, 7) is 6.07. The molecule has 0 spiro atoms. The van der Waals surface area contributed by atoms with Crippen LogP contribution in [-0.2, 0) is 14.3 Å². The largest absolute Gasteiger partial charge is 0.456 e. The Hall–Kier alpha value is -0.610. The van der Waals surface area contributed by atoms with Crippen molar-refractivity contribution in [3.63, 3.8) is 0 Å². The molecule has 1 saturated heterocycles. The van der Waals surface area contributed by atoms with Crippen LogP contribution in [0.3, 0.4) is 0 Å². The topological polar surface area (TPSA) is 47.6 Å². The molecule has 1 unspecified atom stereocenters. The minimum Gasteiger partial charge on any atom is -0.456 e. The van der Waals surface area contributed by atoms with Gasteiger partial charge in [-0.3, -0.25) is 4.79 Å². The summed E-state index contributed by atoms with van der Waals surface area (Å²) in [7, 11) is 0. The van der Waals surface area contributed by atoms with Gasteiger partial charge in [0.25, 0.3) is 0 Å². The molecule has 0 aliphatic carbocycles. The van der Waals surface area contributed by atoms with E-state index in [1.807, 2.05) is 6.92 Å². The Labute approximate surface area is 97.7 Å². The number of carbonyl (C=O) groups excluding carboxylic acids is 1. The highest BCUT2D eigenvalue weighted by Gasteiger charge is 2.26. The standard InChI is InChI=1S/C12H23NO3/c1-3-5-6-7-11(13-4-2)12(14)16-10-8-15-9-10/h10-11,13H,3-9H2,1-2H3. The number of carbonyl (C=O) groups is 1. The van der Waals surface area contributed by atoms with E-state index in [0.717, 1.165) is 19.4 Å². The van der Waals surface area contributed by atoms with Crippen molar-refractivity contribution >= 4 is 5.97 Å². The van der Waals surface area contributed by atoms with Gasteiger partial charge in [-0.1, -0.05) is 33.1 Å². The molecule has 0 bridgehead atoms. The van der Waals surface area contributed by atoms with E-state index in [4.69, 9.17) is 9.47 Å². The lowest BCUT2D eigenvalue weighted by molar-refractivity contribution is -0.174. The van der Waals surface area contributed by atoms with Gasteiger partial charge in [0, 0.05) is 0 Å². The third-order valence-corrected chi connectivity index (χ3v) is 2.72. The molecule has 1 rings (SSSR count). The molecule has 1 heterocycles. The van der Waals surface area contributed by atoms with Crippen molar-refractivity contribution in [2.45, 2.75) is 51.7 Å². The monoisotopic (exact) mass is 229 g/mol. The maximum absolute atomic E-state index is 11.8. The molecule has 4 nitrogen and oxygen atoms in total. The van der Waals surface area contributed by atoms with Crippen LogP contribution in [0.5, 0.6) is 0 Å². The van der Waals surface area contributed by atoms with Crippen LogP contribution in [0.2, 0.25) is 0 Å². The molecule has 0 saturated carbocycles. The first-order valence-corrected chi connectivity index (χ1v) is 6.29. The second-order valence-corrected chi connectivity index (χ2v) is 4.20. The van der Waals surface area contributed by atoms with Crippen molar-refractivity contribution < 1.29 is 14.3 Å². The maximum atomic E-state index is 11.8. The summed E-state index contributed by atoms with van der Waals surface area (Å²) in [5, 5.41) is 3.18. The first-order chi connectivity index (χ1) is 7.77. The van der Waals surface area contributed by atoms with Crippen LogP contribution < -0.4 is 5.32 Å². The molecule has 0 radical (unpaired) electrons. The fraction of sp³-hybridized carbons (Fsp3) is 0.917. The van der Waals surface area contributed by atoms with Crippen molar-refractivity contribution in [1.29, 1.82) is 0 Å². The van der Waals surface area contributed by atoms with Gasteiger partial charge in [-0.2, -0.15) is 0 Å². The van der Waals surface area contributed by atoms with Crippen molar-refractivity contribution in [3.05, 3.63) is 0 Å². The lowest BCUT2D eigenvalue weighted by Crippen LogP contribution is -2.44. The second kappa shape index (κ2) is 7.63. The fourth-order valence-electron chi connectivity index (χ4n) is 1.68.